The second kappa shape index (κ2) is 7.78. The molecule has 0 bridgehead atoms. The number of halogens is 1. The zero-order chi connectivity index (χ0) is 16.8. The van der Waals surface area contributed by atoms with Gasteiger partial charge in [0.1, 0.15) is 17.3 Å². The summed E-state index contributed by atoms with van der Waals surface area (Å²) in [6, 6.07) is 8.47. The number of aliphatic imine (C=N–C) groups is 1. The van der Waals surface area contributed by atoms with E-state index in [2.05, 4.69) is 15.6 Å². The molecule has 3 N–H and O–H groups in total. The van der Waals surface area contributed by atoms with Gasteiger partial charge in [-0.1, -0.05) is 6.07 Å². The van der Waals surface area contributed by atoms with Crippen molar-refractivity contribution in [1.82, 2.24) is 10.6 Å². The summed E-state index contributed by atoms with van der Waals surface area (Å²) >= 11 is 0. The van der Waals surface area contributed by atoms with E-state index in [4.69, 9.17) is 9.52 Å². The summed E-state index contributed by atoms with van der Waals surface area (Å²) in [5.41, 5.74) is 1.14. The first-order valence-electron chi connectivity index (χ1n) is 7.45. The second-order valence-corrected chi connectivity index (χ2v) is 5.32. The van der Waals surface area contributed by atoms with Gasteiger partial charge >= 0.3 is 0 Å². The van der Waals surface area contributed by atoms with Gasteiger partial charge in [-0.15, -0.1) is 0 Å². The lowest BCUT2D eigenvalue weighted by Gasteiger charge is -2.16. The molecule has 23 heavy (non-hydrogen) atoms. The molecule has 5 nitrogen and oxygen atoms in total. The number of hydrogen-bond donors (Lipinski definition) is 3. The molecule has 1 atom stereocenters. The molecule has 1 aromatic carbocycles. The lowest BCUT2D eigenvalue weighted by molar-refractivity contribution is 0.275. The third-order valence-corrected chi connectivity index (χ3v) is 3.51. The van der Waals surface area contributed by atoms with E-state index in [-0.39, 0.29) is 18.2 Å². The van der Waals surface area contributed by atoms with Crippen LogP contribution in [0.1, 0.15) is 35.6 Å². The van der Waals surface area contributed by atoms with Crippen LogP contribution in [0.15, 0.2) is 39.7 Å². The molecule has 124 valence electrons. The number of nitrogens with zero attached hydrogens (tertiary/aromatic N) is 1. The molecular formula is C17H22FN3O2. The lowest BCUT2D eigenvalue weighted by Crippen LogP contribution is -2.38. The van der Waals surface area contributed by atoms with Crippen molar-refractivity contribution >= 4 is 5.96 Å². The van der Waals surface area contributed by atoms with Crippen LogP contribution >= 0.6 is 0 Å². The molecule has 1 unspecified atom stereocenters. The van der Waals surface area contributed by atoms with Crippen LogP contribution in [0.25, 0.3) is 0 Å². The summed E-state index contributed by atoms with van der Waals surface area (Å²) in [4.78, 5) is 4.16. The van der Waals surface area contributed by atoms with Crippen molar-refractivity contribution in [1.29, 1.82) is 0 Å². The van der Waals surface area contributed by atoms with E-state index in [9.17, 15) is 4.39 Å². The average molecular weight is 319 g/mol. The number of furan rings is 1. The summed E-state index contributed by atoms with van der Waals surface area (Å²) in [5, 5.41) is 15.5. The third-order valence-electron chi connectivity index (χ3n) is 3.51. The molecule has 6 heteroatoms. The monoisotopic (exact) mass is 319 g/mol. The molecule has 0 saturated heterocycles. The summed E-state index contributed by atoms with van der Waals surface area (Å²) in [5.74, 6) is 1.90. The molecule has 0 saturated carbocycles. The predicted molar refractivity (Wildman–Crippen MR) is 87.5 cm³/mol. The SMILES string of the molecule is CN=C(NCc1ccc(F)c(CO)c1)NC(C)c1ccc(C)o1. The van der Waals surface area contributed by atoms with E-state index in [1.807, 2.05) is 26.0 Å². The van der Waals surface area contributed by atoms with Gasteiger partial charge in [0.05, 0.1) is 12.6 Å². The number of rotatable bonds is 5. The van der Waals surface area contributed by atoms with E-state index in [0.717, 1.165) is 17.1 Å². The molecule has 2 aromatic rings. The van der Waals surface area contributed by atoms with E-state index in [1.54, 1.807) is 19.2 Å². The minimum atomic E-state index is -0.402. The number of aliphatic hydroxyl groups is 1. The zero-order valence-corrected chi connectivity index (χ0v) is 13.6. The topological polar surface area (TPSA) is 69.8 Å². The van der Waals surface area contributed by atoms with Gasteiger partial charge < -0.3 is 20.2 Å². The van der Waals surface area contributed by atoms with Gasteiger partial charge in [0.25, 0.3) is 0 Å². The molecule has 0 amide bonds. The van der Waals surface area contributed by atoms with Crippen molar-refractivity contribution in [2.24, 2.45) is 4.99 Å². The summed E-state index contributed by atoms with van der Waals surface area (Å²) in [7, 11) is 1.68. The van der Waals surface area contributed by atoms with Crippen LogP contribution in [0, 0.1) is 12.7 Å². The maximum Gasteiger partial charge on any atom is 0.191 e. The van der Waals surface area contributed by atoms with Crippen molar-refractivity contribution in [2.75, 3.05) is 7.05 Å². The molecular weight excluding hydrogens is 297 g/mol. The van der Waals surface area contributed by atoms with Gasteiger partial charge in [0.15, 0.2) is 5.96 Å². The van der Waals surface area contributed by atoms with Gasteiger partial charge in [-0.2, -0.15) is 0 Å². The Kier molecular flexibility index (Phi) is 5.76. The Balaban J connectivity index is 1.95. The Labute approximate surface area is 135 Å². The summed E-state index contributed by atoms with van der Waals surface area (Å²) < 4.78 is 19.0. The first-order valence-corrected chi connectivity index (χ1v) is 7.45. The fourth-order valence-corrected chi connectivity index (χ4v) is 2.20. The van der Waals surface area contributed by atoms with Gasteiger partial charge in [-0.3, -0.25) is 4.99 Å². The minimum Gasteiger partial charge on any atom is -0.464 e. The number of aliphatic hydroxyl groups excluding tert-OH is 1. The van der Waals surface area contributed by atoms with Gasteiger partial charge in [0.2, 0.25) is 0 Å². The number of benzene rings is 1. The Morgan fingerprint density at radius 3 is 2.74 bits per heavy atom. The number of guanidine groups is 1. The lowest BCUT2D eigenvalue weighted by atomic mass is 10.1. The highest BCUT2D eigenvalue weighted by molar-refractivity contribution is 5.80. The fourth-order valence-electron chi connectivity index (χ4n) is 2.20. The summed E-state index contributed by atoms with van der Waals surface area (Å²) in [6.45, 7) is 4.03. The number of aryl methyl sites for hydroxylation is 1. The van der Waals surface area contributed by atoms with E-state index < -0.39 is 5.82 Å². The zero-order valence-electron chi connectivity index (χ0n) is 13.6. The quantitative estimate of drug-likeness (QED) is 0.585. The predicted octanol–water partition coefficient (Wildman–Crippen LogP) is 2.65. The Morgan fingerprint density at radius 2 is 2.13 bits per heavy atom. The van der Waals surface area contributed by atoms with E-state index >= 15 is 0 Å². The highest BCUT2D eigenvalue weighted by Crippen LogP contribution is 2.15. The largest absolute Gasteiger partial charge is 0.464 e. The normalized spacial score (nSPS) is 13.0. The van der Waals surface area contributed by atoms with Crippen molar-refractivity contribution in [2.45, 2.75) is 33.0 Å². The average Bonchev–Trinajstić information content (AvgIpc) is 2.99. The first-order chi connectivity index (χ1) is 11.0. The smallest absolute Gasteiger partial charge is 0.191 e. The van der Waals surface area contributed by atoms with Crippen LogP contribution in [0.4, 0.5) is 4.39 Å². The van der Waals surface area contributed by atoms with Gasteiger partial charge in [0, 0.05) is 19.2 Å². The van der Waals surface area contributed by atoms with Crippen LogP contribution in [-0.4, -0.2) is 18.1 Å². The maximum absolute atomic E-state index is 13.4. The van der Waals surface area contributed by atoms with Crippen molar-refractivity contribution in [3.05, 3.63) is 58.8 Å². The fraction of sp³-hybridized carbons (Fsp3) is 0.353. The minimum absolute atomic E-state index is 0.0314. The van der Waals surface area contributed by atoms with Crippen LogP contribution in [0.3, 0.4) is 0 Å². The van der Waals surface area contributed by atoms with Gasteiger partial charge in [-0.05, 0) is 43.7 Å². The standard InChI is InChI=1S/C17H22FN3O2/c1-11-4-7-16(23-11)12(2)21-17(19-3)20-9-13-5-6-15(18)14(8-13)10-22/h4-8,12,22H,9-10H2,1-3H3,(H2,19,20,21). The molecule has 1 heterocycles. The molecule has 0 aliphatic rings. The summed E-state index contributed by atoms with van der Waals surface area (Å²) in [6.07, 6.45) is 0. The third kappa shape index (κ3) is 4.56. The molecule has 0 fully saturated rings. The van der Waals surface area contributed by atoms with Crippen LogP contribution in [0.2, 0.25) is 0 Å². The van der Waals surface area contributed by atoms with E-state index in [0.29, 0.717) is 12.5 Å². The first kappa shape index (κ1) is 17.0. The molecule has 0 aliphatic heterocycles. The highest BCUT2D eigenvalue weighted by Gasteiger charge is 2.11. The Bertz CT molecular complexity index is 682. The molecule has 2 rings (SSSR count). The van der Waals surface area contributed by atoms with Crippen molar-refractivity contribution < 1.29 is 13.9 Å². The van der Waals surface area contributed by atoms with Crippen LogP contribution < -0.4 is 10.6 Å². The van der Waals surface area contributed by atoms with Gasteiger partial charge in [-0.25, -0.2) is 4.39 Å². The molecule has 0 spiro atoms. The second-order valence-electron chi connectivity index (χ2n) is 5.32. The molecule has 1 aromatic heterocycles. The van der Waals surface area contributed by atoms with Crippen molar-refractivity contribution in [3.63, 3.8) is 0 Å². The van der Waals surface area contributed by atoms with E-state index in [1.165, 1.54) is 6.07 Å². The molecule has 0 radical (unpaired) electrons. The number of nitrogens with one attached hydrogen (secondary N) is 2. The highest BCUT2D eigenvalue weighted by atomic mass is 19.1. The van der Waals surface area contributed by atoms with Crippen molar-refractivity contribution in [3.8, 4) is 0 Å². The van der Waals surface area contributed by atoms with Crippen LogP contribution in [0.5, 0.6) is 0 Å². The Morgan fingerprint density at radius 1 is 1.35 bits per heavy atom. The van der Waals surface area contributed by atoms with Crippen LogP contribution in [-0.2, 0) is 13.2 Å². The maximum atomic E-state index is 13.4. The Hall–Kier alpha value is -2.34. The number of hydrogen-bond acceptors (Lipinski definition) is 3. The molecule has 0 aliphatic carbocycles.